The molecular formula is C19H19Cl2NO2. The molecule has 0 saturated heterocycles. The van der Waals surface area contributed by atoms with Gasteiger partial charge in [0.2, 0.25) is 0 Å². The average Bonchev–Trinajstić information content (AvgIpc) is 3.04. The van der Waals surface area contributed by atoms with Crippen LogP contribution in [0.4, 0.5) is 0 Å². The lowest BCUT2D eigenvalue weighted by molar-refractivity contribution is 0.406. The normalized spacial score (nSPS) is 10.2. The topological polar surface area (TPSA) is 34.4 Å². The van der Waals surface area contributed by atoms with Crippen LogP contribution in [0.5, 0.6) is 5.75 Å². The van der Waals surface area contributed by atoms with Gasteiger partial charge in [-0.15, -0.1) is 12.4 Å². The van der Waals surface area contributed by atoms with Gasteiger partial charge in [0.25, 0.3) is 0 Å². The number of hydrogen-bond donors (Lipinski definition) is 1. The van der Waals surface area contributed by atoms with Crippen molar-refractivity contribution in [1.82, 2.24) is 5.32 Å². The van der Waals surface area contributed by atoms with Crippen LogP contribution in [0.25, 0.3) is 11.3 Å². The van der Waals surface area contributed by atoms with E-state index in [1.807, 2.05) is 60.7 Å². The molecule has 0 atom stereocenters. The van der Waals surface area contributed by atoms with Crippen molar-refractivity contribution >= 4 is 24.0 Å². The minimum Gasteiger partial charge on any atom is -0.496 e. The van der Waals surface area contributed by atoms with E-state index in [1.165, 1.54) is 0 Å². The van der Waals surface area contributed by atoms with Gasteiger partial charge in [0.15, 0.2) is 0 Å². The Bertz CT molecular complexity index is 786. The van der Waals surface area contributed by atoms with Crippen LogP contribution >= 0.6 is 24.0 Å². The van der Waals surface area contributed by atoms with Crippen LogP contribution < -0.4 is 10.1 Å². The van der Waals surface area contributed by atoms with Crippen LogP contribution in [-0.4, -0.2) is 7.11 Å². The summed E-state index contributed by atoms with van der Waals surface area (Å²) in [6.45, 7) is 1.36. The first-order valence-corrected chi connectivity index (χ1v) is 7.82. The second-order valence-corrected chi connectivity index (χ2v) is 5.57. The minimum atomic E-state index is 0. The first kappa shape index (κ1) is 18.4. The molecule has 5 heteroatoms. The summed E-state index contributed by atoms with van der Waals surface area (Å²) in [4.78, 5) is 0. The standard InChI is InChI=1S/C19H18ClNO2.ClH/c1-22-18-9-5-2-6-14(18)12-21-13-15-10-11-19(23-15)16-7-3-4-8-17(16)20;/h2-11,21H,12-13H2,1H3;1H. The van der Waals surface area contributed by atoms with Gasteiger partial charge >= 0.3 is 0 Å². The van der Waals surface area contributed by atoms with Gasteiger partial charge in [-0.3, -0.25) is 0 Å². The van der Waals surface area contributed by atoms with Gasteiger partial charge in [0.1, 0.15) is 17.3 Å². The molecule has 3 nitrogen and oxygen atoms in total. The quantitative estimate of drug-likeness (QED) is 0.643. The molecule has 3 rings (SSSR count). The number of rotatable bonds is 6. The summed E-state index contributed by atoms with van der Waals surface area (Å²) < 4.78 is 11.2. The number of nitrogens with one attached hydrogen (secondary N) is 1. The van der Waals surface area contributed by atoms with Gasteiger partial charge in [-0.25, -0.2) is 0 Å². The number of ether oxygens (including phenoxy) is 1. The van der Waals surface area contributed by atoms with Crippen LogP contribution in [0.1, 0.15) is 11.3 Å². The SMILES string of the molecule is COc1ccccc1CNCc1ccc(-c2ccccc2Cl)o1.Cl. The number of benzene rings is 2. The molecule has 1 aromatic heterocycles. The maximum absolute atomic E-state index is 6.20. The molecule has 0 aliphatic heterocycles. The van der Waals surface area contributed by atoms with E-state index in [0.29, 0.717) is 18.1 Å². The van der Waals surface area contributed by atoms with Gasteiger partial charge < -0.3 is 14.5 Å². The molecule has 0 saturated carbocycles. The number of methoxy groups -OCH3 is 1. The van der Waals surface area contributed by atoms with E-state index < -0.39 is 0 Å². The van der Waals surface area contributed by atoms with Crippen LogP contribution in [0.3, 0.4) is 0 Å². The molecule has 0 fully saturated rings. The molecule has 0 bridgehead atoms. The highest BCUT2D eigenvalue weighted by Crippen LogP contribution is 2.29. The Labute approximate surface area is 153 Å². The van der Waals surface area contributed by atoms with Crippen molar-refractivity contribution in [3.05, 3.63) is 77.0 Å². The molecule has 126 valence electrons. The predicted molar refractivity (Wildman–Crippen MR) is 99.9 cm³/mol. The lowest BCUT2D eigenvalue weighted by atomic mass is 10.2. The van der Waals surface area contributed by atoms with E-state index in [9.17, 15) is 0 Å². The van der Waals surface area contributed by atoms with Gasteiger partial charge in [-0.1, -0.05) is 41.9 Å². The number of para-hydroxylation sites is 1. The van der Waals surface area contributed by atoms with E-state index in [1.54, 1.807) is 7.11 Å². The van der Waals surface area contributed by atoms with Crippen LogP contribution in [0, 0.1) is 0 Å². The molecular weight excluding hydrogens is 345 g/mol. The smallest absolute Gasteiger partial charge is 0.135 e. The zero-order chi connectivity index (χ0) is 16.1. The van der Waals surface area contributed by atoms with E-state index >= 15 is 0 Å². The summed E-state index contributed by atoms with van der Waals surface area (Å²) in [5.74, 6) is 2.54. The second kappa shape index (κ2) is 8.78. The Morgan fingerprint density at radius 2 is 1.71 bits per heavy atom. The van der Waals surface area contributed by atoms with Crippen molar-refractivity contribution in [2.45, 2.75) is 13.1 Å². The van der Waals surface area contributed by atoms with Crippen molar-refractivity contribution in [1.29, 1.82) is 0 Å². The highest BCUT2D eigenvalue weighted by molar-refractivity contribution is 6.33. The zero-order valence-electron chi connectivity index (χ0n) is 13.3. The van der Waals surface area contributed by atoms with E-state index in [-0.39, 0.29) is 12.4 Å². The third kappa shape index (κ3) is 4.32. The average molecular weight is 364 g/mol. The van der Waals surface area contributed by atoms with Gasteiger partial charge in [-0.05, 0) is 30.3 Å². The number of furan rings is 1. The second-order valence-electron chi connectivity index (χ2n) is 5.16. The largest absolute Gasteiger partial charge is 0.496 e. The van der Waals surface area contributed by atoms with Crippen molar-refractivity contribution in [3.8, 4) is 17.1 Å². The highest BCUT2D eigenvalue weighted by atomic mass is 35.5. The summed E-state index contributed by atoms with van der Waals surface area (Å²) in [5.41, 5.74) is 2.03. The van der Waals surface area contributed by atoms with Crippen molar-refractivity contribution < 1.29 is 9.15 Å². The molecule has 0 spiro atoms. The van der Waals surface area contributed by atoms with Gasteiger partial charge in [0, 0.05) is 17.7 Å². The van der Waals surface area contributed by atoms with Crippen LogP contribution in [-0.2, 0) is 13.1 Å². The molecule has 24 heavy (non-hydrogen) atoms. The maximum Gasteiger partial charge on any atom is 0.135 e. The highest BCUT2D eigenvalue weighted by Gasteiger charge is 2.08. The summed E-state index contributed by atoms with van der Waals surface area (Å²) in [6, 6.07) is 19.5. The lowest BCUT2D eigenvalue weighted by Crippen LogP contribution is -2.12. The maximum atomic E-state index is 6.20. The molecule has 0 radical (unpaired) electrons. The minimum absolute atomic E-state index is 0. The number of hydrogen-bond acceptors (Lipinski definition) is 3. The fourth-order valence-corrected chi connectivity index (χ4v) is 2.68. The Kier molecular flexibility index (Phi) is 6.73. The van der Waals surface area contributed by atoms with Crippen molar-refractivity contribution in [3.63, 3.8) is 0 Å². The summed E-state index contributed by atoms with van der Waals surface area (Å²) in [7, 11) is 1.68. The van der Waals surface area contributed by atoms with Crippen molar-refractivity contribution in [2.24, 2.45) is 0 Å². The van der Waals surface area contributed by atoms with Crippen LogP contribution in [0.2, 0.25) is 5.02 Å². The molecule has 0 unspecified atom stereocenters. The summed E-state index contributed by atoms with van der Waals surface area (Å²) in [6.07, 6.45) is 0. The Hall–Kier alpha value is -1.94. The summed E-state index contributed by atoms with van der Waals surface area (Å²) in [5, 5.41) is 4.06. The fourth-order valence-electron chi connectivity index (χ4n) is 2.45. The van der Waals surface area contributed by atoms with Gasteiger partial charge in [-0.2, -0.15) is 0 Å². The molecule has 0 aliphatic rings. The zero-order valence-corrected chi connectivity index (χ0v) is 14.9. The van der Waals surface area contributed by atoms with Crippen molar-refractivity contribution in [2.75, 3.05) is 7.11 Å². The molecule has 1 heterocycles. The Morgan fingerprint density at radius 3 is 2.50 bits per heavy atom. The van der Waals surface area contributed by atoms with E-state index in [4.69, 9.17) is 20.8 Å². The Morgan fingerprint density at radius 1 is 0.958 bits per heavy atom. The molecule has 3 aromatic rings. The third-order valence-corrected chi connectivity index (χ3v) is 3.94. The monoisotopic (exact) mass is 363 g/mol. The molecule has 1 N–H and O–H groups in total. The fraction of sp³-hybridized carbons (Fsp3) is 0.158. The van der Waals surface area contributed by atoms with E-state index in [0.717, 1.165) is 28.4 Å². The molecule has 0 amide bonds. The van der Waals surface area contributed by atoms with Gasteiger partial charge in [0.05, 0.1) is 18.7 Å². The van der Waals surface area contributed by atoms with Crippen LogP contribution in [0.15, 0.2) is 65.1 Å². The molecule has 2 aromatic carbocycles. The van der Waals surface area contributed by atoms with E-state index in [2.05, 4.69) is 5.32 Å². The Balaban J connectivity index is 0.00000208. The molecule has 0 aliphatic carbocycles. The first-order chi connectivity index (χ1) is 11.3. The lowest BCUT2D eigenvalue weighted by Gasteiger charge is -2.08. The summed E-state index contributed by atoms with van der Waals surface area (Å²) >= 11 is 6.20. The number of halogens is 2. The first-order valence-electron chi connectivity index (χ1n) is 7.44. The predicted octanol–water partition coefficient (Wildman–Crippen LogP) is 5.32. The third-order valence-electron chi connectivity index (χ3n) is 3.61.